The van der Waals surface area contributed by atoms with Crippen LogP contribution >= 0.6 is 11.6 Å². The highest BCUT2D eigenvalue weighted by Crippen LogP contribution is 2.11. The maximum Gasteiger partial charge on any atom is 0.259 e. The number of aryl methyl sites for hydroxylation is 1. The van der Waals surface area contributed by atoms with Gasteiger partial charge in [-0.3, -0.25) is 10.1 Å². The van der Waals surface area contributed by atoms with E-state index in [1.165, 1.54) is 6.20 Å². The maximum atomic E-state index is 11.7. The molecule has 2 heterocycles. The van der Waals surface area contributed by atoms with E-state index in [0.29, 0.717) is 22.3 Å². The van der Waals surface area contributed by atoms with Crippen molar-refractivity contribution in [2.75, 3.05) is 5.32 Å². The summed E-state index contributed by atoms with van der Waals surface area (Å²) in [6.45, 7) is 1.77. The average molecular weight is 238 g/mol. The number of rotatable bonds is 2. The Hall–Kier alpha value is -1.88. The first-order chi connectivity index (χ1) is 7.65. The zero-order chi connectivity index (χ0) is 11.5. The second-order valence-corrected chi connectivity index (χ2v) is 3.54. The highest BCUT2D eigenvalue weighted by atomic mass is 35.5. The van der Waals surface area contributed by atoms with E-state index in [0.717, 1.165) is 0 Å². The lowest BCUT2D eigenvalue weighted by atomic mass is 10.3. The van der Waals surface area contributed by atoms with Crippen molar-refractivity contribution in [2.24, 2.45) is 0 Å². The van der Waals surface area contributed by atoms with Gasteiger partial charge in [0.25, 0.3) is 5.91 Å². The van der Waals surface area contributed by atoms with Gasteiger partial charge in [0, 0.05) is 12.3 Å². The third-order valence-electron chi connectivity index (χ3n) is 1.85. The fourth-order valence-electron chi connectivity index (χ4n) is 1.12. The largest absolute Gasteiger partial charge is 0.338 e. The molecule has 0 bridgehead atoms. The lowest BCUT2D eigenvalue weighted by Crippen LogP contribution is -2.11. The first-order valence-electron chi connectivity index (χ1n) is 4.51. The van der Waals surface area contributed by atoms with Crippen LogP contribution < -0.4 is 5.32 Å². The Morgan fingerprint density at radius 2 is 2.31 bits per heavy atom. The van der Waals surface area contributed by atoms with Gasteiger partial charge in [0.05, 0.1) is 11.3 Å². The number of halogens is 1. The minimum Gasteiger partial charge on any atom is -0.338 e. The predicted molar refractivity (Wildman–Crippen MR) is 58.4 cm³/mol. The molecular formula is C10H8ClN3O2. The normalized spacial score (nSPS) is 10.1. The van der Waals surface area contributed by atoms with Gasteiger partial charge in [-0.1, -0.05) is 16.8 Å². The molecule has 0 aromatic carbocycles. The molecule has 0 aliphatic heterocycles. The Bertz CT molecular complexity index is 507. The first-order valence-corrected chi connectivity index (χ1v) is 4.89. The van der Waals surface area contributed by atoms with Crippen molar-refractivity contribution in [3.8, 4) is 0 Å². The number of carbonyl (C=O) groups is 1. The van der Waals surface area contributed by atoms with Gasteiger partial charge in [-0.05, 0) is 19.1 Å². The zero-order valence-corrected chi connectivity index (χ0v) is 9.15. The number of aromatic nitrogens is 2. The second kappa shape index (κ2) is 4.32. The van der Waals surface area contributed by atoms with Gasteiger partial charge in [-0.25, -0.2) is 4.98 Å². The number of hydrogen-bond acceptors (Lipinski definition) is 4. The molecule has 5 nitrogen and oxygen atoms in total. The molecule has 2 aromatic rings. The molecule has 2 rings (SSSR count). The Morgan fingerprint density at radius 1 is 1.50 bits per heavy atom. The van der Waals surface area contributed by atoms with Gasteiger partial charge >= 0.3 is 0 Å². The van der Waals surface area contributed by atoms with Crippen LogP contribution in [-0.4, -0.2) is 16.0 Å². The van der Waals surface area contributed by atoms with Gasteiger partial charge in [0.15, 0.2) is 0 Å². The second-order valence-electron chi connectivity index (χ2n) is 3.16. The van der Waals surface area contributed by atoms with E-state index in [2.05, 4.69) is 15.5 Å². The van der Waals surface area contributed by atoms with E-state index in [9.17, 15) is 4.79 Å². The summed E-state index contributed by atoms with van der Waals surface area (Å²) < 4.78 is 4.85. The SMILES string of the molecule is Cc1cc(NC(=O)c2ccc(Cl)nc2)on1. The van der Waals surface area contributed by atoms with E-state index in [4.69, 9.17) is 16.1 Å². The van der Waals surface area contributed by atoms with Gasteiger partial charge in [0.1, 0.15) is 5.15 Å². The summed E-state index contributed by atoms with van der Waals surface area (Å²) in [5, 5.41) is 6.54. The molecule has 0 spiro atoms. The molecule has 0 aliphatic rings. The number of anilines is 1. The Labute approximate surface area is 96.4 Å². The summed E-state index contributed by atoms with van der Waals surface area (Å²) in [5.41, 5.74) is 1.10. The molecule has 0 aliphatic carbocycles. The highest BCUT2D eigenvalue weighted by molar-refractivity contribution is 6.29. The Balaban J connectivity index is 2.11. The standard InChI is InChI=1S/C10H8ClN3O2/c1-6-4-9(16-14-6)13-10(15)7-2-3-8(11)12-5-7/h2-5H,1H3,(H,13,15). The number of amides is 1. The third-order valence-corrected chi connectivity index (χ3v) is 2.08. The van der Waals surface area contributed by atoms with Crippen LogP contribution in [0.3, 0.4) is 0 Å². The summed E-state index contributed by atoms with van der Waals surface area (Å²) >= 11 is 5.61. The zero-order valence-electron chi connectivity index (χ0n) is 8.40. The van der Waals surface area contributed by atoms with Crippen molar-refractivity contribution < 1.29 is 9.32 Å². The first kappa shape index (κ1) is 10.6. The minimum atomic E-state index is -0.319. The molecule has 6 heteroatoms. The van der Waals surface area contributed by atoms with Crippen LogP contribution in [0.25, 0.3) is 0 Å². The molecule has 0 fully saturated rings. The molecule has 82 valence electrons. The molecule has 0 radical (unpaired) electrons. The van der Waals surface area contributed by atoms with Crippen molar-refractivity contribution in [2.45, 2.75) is 6.92 Å². The molecule has 1 N–H and O–H groups in total. The monoisotopic (exact) mass is 237 g/mol. The summed E-state index contributed by atoms with van der Waals surface area (Å²) in [4.78, 5) is 15.5. The van der Waals surface area contributed by atoms with E-state index in [1.807, 2.05) is 0 Å². The fraction of sp³-hybridized carbons (Fsp3) is 0.100. The Morgan fingerprint density at radius 3 is 2.88 bits per heavy atom. The summed E-state index contributed by atoms with van der Waals surface area (Å²) in [6.07, 6.45) is 1.39. The fourth-order valence-corrected chi connectivity index (χ4v) is 1.23. The lowest BCUT2D eigenvalue weighted by Gasteiger charge is -1.99. The van der Waals surface area contributed by atoms with Crippen molar-refractivity contribution in [3.05, 3.63) is 40.8 Å². The molecule has 0 saturated heterocycles. The molecule has 16 heavy (non-hydrogen) atoms. The number of nitrogens with one attached hydrogen (secondary N) is 1. The lowest BCUT2D eigenvalue weighted by molar-refractivity contribution is 0.102. The maximum absolute atomic E-state index is 11.7. The number of hydrogen-bond donors (Lipinski definition) is 1. The summed E-state index contributed by atoms with van der Waals surface area (Å²) in [7, 11) is 0. The number of carbonyl (C=O) groups excluding carboxylic acids is 1. The predicted octanol–water partition coefficient (Wildman–Crippen LogP) is 2.28. The van der Waals surface area contributed by atoms with Crippen molar-refractivity contribution in [1.29, 1.82) is 0 Å². The van der Waals surface area contributed by atoms with Crippen LogP contribution in [0.15, 0.2) is 28.9 Å². The van der Waals surface area contributed by atoms with Crippen molar-refractivity contribution in [3.63, 3.8) is 0 Å². The molecule has 0 unspecified atom stereocenters. The quantitative estimate of drug-likeness (QED) is 0.814. The molecule has 2 aromatic heterocycles. The van der Waals surface area contributed by atoms with Gasteiger partial charge < -0.3 is 4.52 Å². The smallest absolute Gasteiger partial charge is 0.259 e. The van der Waals surface area contributed by atoms with Crippen molar-refractivity contribution >= 4 is 23.4 Å². The van der Waals surface area contributed by atoms with Crippen LogP contribution in [-0.2, 0) is 0 Å². The van der Waals surface area contributed by atoms with Gasteiger partial charge in [-0.15, -0.1) is 0 Å². The van der Waals surface area contributed by atoms with Crippen LogP contribution in [0.1, 0.15) is 16.1 Å². The third kappa shape index (κ3) is 2.38. The highest BCUT2D eigenvalue weighted by Gasteiger charge is 2.09. The number of pyridine rings is 1. The topological polar surface area (TPSA) is 68.0 Å². The van der Waals surface area contributed by atoms with Crippen LogP contribution in [0.2, 0.25) is 5.15 Å². The van der Waals surface area contributed by atoms with Gasteiger partial charge in [-0.2, -0.15) is 0 Å². The summed E-state index contributed by atoms with van der Waals surface area (Å²) in [5.74, 6) is -0.0160. The van der Waals surface area contributed by atoms with Crippen LogP contribution in [0, 0.1) is 6.92 Å². The minimum absolute atomic E-state index is 0.303. The molecule has 1 amide bonds. The van der Waals surface area contributed by atoms with E-state index in [-0.39, 0.29) is 5.91 Å². The van der Waals surface area contributed by atoms with Crippen LogP contribution in [0.5, 0.6) is 0 Å². The van der Waals surface area contributed by atoms with E-state index < -0.39 is 0 Å². The van der Waals surface area contributed by atoms with E-state index in [1.54, 1.807) is 25.1 Å². The Kier molecular flexibility index (Phi) is 2.87. The van der Waals surface area contributed by atoms with Crippen molar-refractivity contribution in [1.82, 2.24) is 10.1 Å². The van der Waals surface area contributed by atoms with E-state index >= 15 is 0 Å². The number of nitrogens with zero attached hydrogens (tertiary/aromatic N) is 2. The summed E-state index contributed by atoms with van der Waals surface area (Å²) in [6, 6.07) is 4.75. The van der Waals surface area contributed by atoms with Crippen LogP contribution in [0.4, 0.5) is 5.88 Å². The molecular weight excluding hydrogens is 230 g/mol. The molecule has 0 saturated carbocycles. The van der Waals surface area contributed by atoms with Gasteiger partial charge in [0.2, 0.25) is 5.88 Å². The average Bonchev–Trinajstić information content (AvgIpc) is 2.65. The molecule has 0 atom stereocenters.